The van der Waals surface area contributed by atoms with Crippen molar-refractivity contribution in [1.29, 1.82) is 0 Å². The number of pyridine rings is 1. The zero-order chi connectivity index (χ0) is 17.0. The lowest BCUT2D eigenvalue weighted by atomic mass is 9.88. The minimum Gasteiger partial charge on any atom is -0.481 e. The maximum absolute atomic E-state index is 12.6. The monoisotopic (exact) mass is 329 g/mol. The molecular weight excluding hydrogens is 312 g/mol. The number of nitrogens with zero attached hydrogens (tertiary/aromatic N) is 2. The van der Waals surface area contributed by atoms with Gasteiger partial charge in [-0.25, -0.2) is 13.6 Å². The van der Waals surface area contributed by atoms with Crippen molar-refractivity contribution >= 4 is 17.7 Å². The van der Waals surface area contributed by atoms with Gasteiger partial charge in [0.15, 0.2) is 0 Å². The van der Waals surface area contributed by atoms with E-state index in [1.807, 2.05) is 0 Å². The second kappa shape index (κ2) is 6.86. The number of urea groups is 1. The van der Waals surface area contributed by atoms with E-state index in [4.69, 9.17) is 4.74 Å². The Kier molecular flexibility index (Phi) is 5.09. The molecule has 0 bridgehead atoms. The number of carboxylic acid groups (broad SMARTS) is 1. The van der Waals surface area contributed by atoms with Crippen LogP contribution < -0.4 is 5.32 Å². The standard InChI is InChI=1S/C14H17F2N3O4/c1-23-8-14(12(20)21)2-3-19(7-14)13(22)18-10-4-9(11(15)16)5-17-6-10/h4-6,11H,2-3,7-8H2,1H3,(H,18,22)(H,20,21). The molecule has 1 unspecified atom stereocenters. The summed E-state index contributed by atoms with van der Waals surface area (Å²) in [5, 5.41) is 11.8. The summed E-state index contributed by atoms with van der Waals surface area (Å²) >= 11 is 0. The van der Waals surface area contributed by atoms with Gasteiger partial charge in [-0.2, -0.15) is 0 Å². The molecule has 2 N–H and O–H groups in total. The molecule has 0 spiro atoms. The van der Waals surface area contributed by atoms with E-state index in [-0.39, 0.29) is 37.4 Å². The minimum absolute atomic E-state index is 0.00542. The molecule has 1 aromatic heterocycles. The van der Waals surface area contributed by atoms with Crippen molar-refractivity contribution < 1.29 is 28.2 Å². The molecule has 1 aromatic rings. The van der Waals surface area contributed by atoms with Crippen LogP contribution in [0, 0.1) is 5.41 Å². The number of rotatable bonds is 5. The van der Waals surface area contributed by atoms with Crippen LogP contribution in [0.25, 0.3) is 0 Å². The first-order chi connectivity index (χ1) is 10.9. The first kappa shape index (κ1) is 17.1. The van der Waals surface area contributed by atoms with Crippen LogP contribution in [-0.4, -0.2) is 53.8 Å². The molecule has 1 saturated heterocycles. The summed E-state index contributed by atoms with van der Waals surface area (Å²) in [6.07, 6.45) is -0.157. The number of carbonyl (C=O) groups excluding carboxylic acids is 1. The number of carbonyl (C=O) groups is 2. The third-order valence-electron chi connectivity index (χ3n) is 3.78. The normalized spacial score (nSPS) is 20.8. The van der Waals surface area contributed by atoms with Crippen LogP contribution >= 0.6 is 0 Å². The number of alkyl halides is 2. The Labute approximate surface area is 131 Å². The topological polar surface area (TPSA) is 91.8 Å². The van der Waals surface area contributed by atoms with E-state index < -0.39 is 23.8 Å². The largest absolute Gasteiger partial charge is 0.481 e. The zero-order valence-corrected chi connectivity index (χ0v) is 12.5. The molecule has 126 valence electrons. The molecular formula is C14H17F2N3O4. The Morgan fingerprint density at radius 2 is 2.26 bits per heavy atom. The molecule has 1 aliphatic rings. The molecule has 1 fully saturated rings. The fraction of sp³-hybridized carbons (Fsp3) is 0.500. The van der Waals surface area contributed by atoms with Gasteiger partial charge in [0.2, 0.25) is 0 Å². The number of aliphatic carboxylic acids is 1. The zero-order valence-electron chi connectivity index (χ0n) is 12.5. The number of anilines is 1. The quantitative estimate of drug-likeness (QED) is 0.862. The van der Waals surface area contributed by atoms with E-state index in [2.05, 4.69) is 10.3 Å². The van der Waals surface area contributed by atoms with E-state index in [0.29, 0.717) is 0 Å². The van der Waals surface area contributed by atoms with Crippen LogP contribution in [-0.2, 0) is 9.53 Å². The molecule has 23 heavy (non-hydrogen) atoms. The highest BCUT2D eigenvalue weighted by Gasteiger charge is 2.46. The molecule has 2 amide bonds. The van der Waals surface area contributed by atoms with E-state index in [9.17, 15) is 23.5 Å². The average molecular weight is 329 g/mol. The van der Waals surface area contributed by atoms with Gasteiger partial charge >= 0.3 is 12.0 Å². The molecule has 0 saturated carbocycles. The van der Waals surface area contributed by atoms with Gasteiger partial charge in [-0.15, -0.1) is 0 Å². The Balaban J connectivity index is 2.05. The number of hydrogen-bond donors (Lipinski definition) is 2. The maximum atomic E-state index is 12.6. The van der Waals surface area contributed by atoms with Crippen molar-refractivity contribution in [2.45, 2.75) is 12.8 Å². The Morgan fingerprint density at radius 1 is 1.52 bits per heavy atom. The van der Waals surface area contributed by atoms with Gasteiger partial charge in [0, 0.05) is 32.0 Å². The summed E-state index contributed by atoms with van der Waals surface area (Å²) < 4.78 is 30.2. The van der Waals surface area contributed by atoms with Gasteiger partial charge in [-0.05, 0) is 12.5 Å². The van der Waals surface area contributed by atoms with E-state index in [0.717, 1.165) is 12.3 Å². The number of carboxylic acids is 1. The Morgan fingerprint density at radius 3 is 2.87 bits per heavy atom. The molecule has 0 radical (unpaired) electrons. The molecule has 1 atom stereocenters. The Bertz CT molecular complexity index is 599. The smallest absolute Gasteiger partial charge is 0.321 e. The number of ether oxygens (including phenoxy) is 1. The van der Waals surface area contributed by atoms with Crippen molar-refractivity contribution in [2.75, 3.05) is 32.1 Å². The summed E-state index contributed by atoms with van der Waals surface area (Å²) in [5.41, 5.74) is -1.31. The van der Waals surface area contributed by atoms with E-state index >= 15 is 0 Å². The fourth-order valence-corrected chi connectivity index (χ4v) is 2.52. The number of methoxy groups -OCH3 is 1. The van der Waals surface area contributed by atoms with Crippen molar-refractivity contribution in [3.8, 4) is 0 Å². The van der Waals surface area contributed by atoms with Crippen molar-refractivity contribution in [1.82, 2.24) is 9.88 Å². The molecule has 0 aromatic carbocycles. The molecule has 1 aliphatic heterocycles. The number of nitrogens with one attached hydrogen (secondary N) is 1. The third-order valence-corrected chi connectivity index (χ3v) is 3.78. The molecule has 0 aliphatic carbocycles. The van der Waals surface area contributed by atoms with Crippen molar-refractivity contribution in [3.63, 3.8) is 0 Å². The van der Waals surface area contributed by atoms with Gasteiger partial charge < -0.3 is 20.1 Å². The van der Waals surface area contributed by atoms with Crippen LogP contribution in [0.4, 0.5) is 19.3 Å². The highest BCUT2D eigenvalue weighted by atomic mass is 19.3. The van der Waals surface area contributed by atoms with Crippen molar-refractivity contribution in [2.24, 2.45) is 5.41 Å². The minimum atomic E-state index is -2.69. The second-order valence-electron chi connectivity index (χ2n) is 5.43. The molecule has 2 rings (SSSR count). The van der Waals surface area contributed by atoms with Crippen LogP contribution in [0.1, 0.15) is 18.4 Å². The van der Waals surface area contributed by atoms with E-state index in [1.54, 1.807) is 0 Å². The molecule has 7 nitrogen and oxygen atoms in total. The van der Waals surface area contributed by atoms with Crippen molar-refractivity contribution in [3.05, 3.63) is 24.0 Å². The highest BCUT2D eigenvalue weighted by molar-refractivity contribution is 5.90. The summed E-state index contributed by atoms with van der Waals surface area (Å²) in [6.45, 7) is 0.224. The Hall–Kier alpha value is -2.29. The lowest BCUT2D eigenvalue weighted by Gasteiger charge is -2.23. The molecule has 2 heterocycles. The maximum Gasteiger partial charge on any atom is 0.321 e. The van der Waals surface area contributed by atoms with Crippen LogP contribution in [0.5, 0.6) is 0 Å². The summed E-state index contributed by atoms with van der Waals surface area (Å²) in [7, 11) is 1.40. The SMILES string of the molecule is COCC1(C(=O)O)CCN(C(=O)Nc2cncc(C(F)F)c2)C1. The third kappa shape index (κ3) is 3.73. The number of aromatic nitrogens is 1. The number of amides is 2. The van der Waals surface area contributed by atoms with Gasteiger partial charge in [-0.1, -0.05) is 0 Å². The number of likely N-dealkylation sites (tertiary alicyclic amines) is 1. The summed E-state index contributed by atoms with van der Waals surface area (Å²) in [4.78, 5) is 28.6. The fourth-order valence-electron chi connectivity index (χ4n) is 2.52. The highest BCUT2D eigenvalue weighted by Crippen LogP contribution is 2.31. The van der Waals surface area contributed by atoms with Crippen LogP contribution in [0.2, 0.25) is 0 Å². The lowest BCUT2D eigenvalue weighted by Crippen LogP contribution is -2.41. The van der Waals surface area contributed by atoms with Gasteiger partial charge in [-0.3, -0.25) is 9.78 Å². The van der Waals surface area contributed by atoms with Crippen LogP contribution in [0.15, 0.2) is 18.5 Å². The van der Waals surface area contributed by atoms with Crippen LogP contribution in [0.3, 0.4) is 0 Å². The molecule has 9 heteroatoms. The van der Waals surface area contributed by atoms with Gasteiger partial charge in [0.25, 0.3) is 6.43 Å². The summed E-state index contributed by atoms with van der Waals surface area (Å²) in [5.74, 6) is -1.03. The second-order valence-corrected chi connectivity index (χ2v) is 5.43. The average Bonchev–Trinajstić information content (AvgIpc) is 2.94. The lowest BCUT2D eigenvalue weighted by molar-refractivity contribution is -0.151. The van der Waals surface area contributed by atoms with Gasteiger partial charge in [0.05, 0.1) is 18.5 Å². The first-order valence-corrected chi connectivity index (χ1v) is 6.89. The first-order valence-electron chi connectivity index (χ1n) is 6.89. The predicted molar refractivity (Wildman–Crippen MR) is 76.3 cm³/mol. The van der Waals surface area contributed by atoms with E-state index in [1.165, 1.54) is 18.2 Å². The number of halogens is 2. The predicted octanol–water partition coefficient (Wildman–Crippen LogP) is 1.97. The summed E-state index contributed by atoms with van der Waals surface area (Å²) in [6, 6.07) is 0.572. The van der Waals surface area contributed by atoms with Gasteiger partial charge in [0.1, 0.15) is 5.41 Å². The number of hydrogen-bond acceptors (Lipinski definition) is 4.